The fourth-order valence-corrected chi connectivity index (χ4v) is 8.38. The third-order valence-corrected chi connectivity index (χ3v) is 19.6. The van der Waals surface area contributed by atoms with Crippen LogP contribution in [0.15, 0.2) is 24.8 Å². The van der Waals surface area contributed by atoms with Gasteiger partial charge in [0.1, 0.15) is 17.8 Å². The second kappa shape index (κ2) is 11.3. The summed E-state index contributed by atoms with van der Waals surface area (Å²) < 4.78 is 34.3. The van der Waals surface area contributed by atoms with Gasteiger partial charge in [-0.2, -0.15) is 0 Å². The van der Waals surface area contributed by atoms with Crippen LogP contribution in [-0.4, -0.2) is 75.7 Å². The highest BCUT2D eigenvalue weighted by Gasteiger charge is 2.58. The molecule has 2 saturated heterocycles. The monoisotopic (exact) mass is 596 g/mol. The maximum atomic E-state index is 11.3. The van der Waals surface area contributed by atoms with E-state index in [0.717, 1.165) is 12.8 Å². The van der Waals surface area contributed by atoms with Gasteiger partial charge in [-0.25, -0.2) is 0 Å². The SMILES string of the molecule is C=CCC[C@@H]1O[C@@H]2C[C@@H]3O[C@H](CO[Si](C)(C)C(C)(C)C)[C@@](C)(O[Si](C)(C)C(C)(C)C)C=C[C@H]3O[C@@]2(C)C[C@@]1(C)O. The van der Waals surface area contributed by atoms with Gasteiger partial charge < -0.3 is 28.2 Å². The highest BCUT2D eigenvalue weighted by atomic mass is 28.4. The van der Waals surface area contributed by atoms with Gasteiger partial charge in [-0.3, -0.25) is 0 Å². The van der Waals surface area contributed by atoms with Crippen LogP contribution in [0.2, 0.25) is 36.3 Å². The van der Waals surface area contributed by atoms with Crippen molar-refractivity contribution < 1.29 is 28.2 Å². The van der Waals surface area contributed by atoms with Crippen molar-refractivity contribution in [3.05, 3.63) is 24.8 Å². The average Bonchev–Trinajstić information content (AvgIpc) is 2.88. The van der Waals surface area contributed by atoms with E-state index in [0.29, 0.717) is 19.4 Å². The molecular formula is C32H60O6Si2. The van der Waals surface area contributed by atoms with Gasteiger partial charge in [0.2, 0.25) is 0 Å². The van der Waals surface area contributed by atoms with Crippen molar-refractivity contribution in [2.75, 3.05) is 6.61 Å². The van der Waals surface area contributed by atoms with Crippen molar-refractivity contribution in [2.24, 2.45) is 0 Å². The molecule has 0 aromatic rings. The van der Waals surface area contributed by atoms with E-state index >= 15 is 0 Å². The predicted octanol–water partition coefficient (Wildman–Crippen LogP) is 7.53. The van der Waals surface area contributed by atoms with Crippen LogP contribution in [0.3, 0.4) is 0 Å². The molecule has 40 heavy (non-hydrogen) atoms. The summed E-state index contributed by atoms with van der Waals surface area (Å²) in [4.78, 5) is 0. The summed E-state index contributed by atoms with van der Waals surface area (Å²) >= 11 is 0. The Bertz CT molecular complexity index is 933. The quantitative estimate of drug-likeness (QED) is 0.231. The Labute approximate surface area is 247 Å². The van der Waals surface area contributed by atoms with E-state index in [-0.39, 0.29) is 40.6 Å². The normalized spacial score (nSPS) is 39.3. The van der Waals surface area contributed by atoms with Gasteiger partial charge in [0, 0.05) is 12.8 Å². The summed E-state index contributed by atoms with van der Waals surface area (Å²) in [5.74, 6) is 0. The standard InChI is InChI=1S/C32H60O6Si2/c1-15-16-17-25-30(8,33)22-32(10)26(36-25)20-24-23(37-32)18-19-31(9,38-40(13,14)29(5,6)7)27(35-24)21-34-39(11,12)28(2,3)4/h15,18-19,23-27,33H,1,16-17,20-22H2,2-14H3/t23-,24+,25+,26-,27-,30-,31+,32+/m1/s1. The largest absolute Gasteiger partial charge is 0.414 e. The lowest BCUT2D eigenvalue weighted by Gasteiger charge is -2.55. The zero-order valence-electron chi connectivity index (χ0n) is 27.8. The molecule has 2 fully saturated rings. The van der Waals surface area contributed by atoms with E-state index in [1.165, 1.54) is 0 Å². The molecule has 6 nitrogen and oxygen atoms in total. The number of hydrogen-bond donors (Lipinski definition) is 1. The minimum absolute atomic E-state index is 0.0482. The smallest absolute Gasteiger partial charge is 0.193 e. The Balaban J connectivity index is 1.94. The third-order valence-electron chi connectivity index (χ3n) is 10.5. The summed E-state index contributed by atoms with van der Waals surface area (Å²) in [6.07, 6.45) is 7.75. The molecule has 232 valence electrons. The molecule has 8 heteroatoms. The molecule has 1 N–H and O–H groups in total. The van der Waals surface area contributed by atoms with Gasteiger partial charge in [0.05, 0.1) is 36.1 Å². The minimum Gasteiger partial charge on any atom is -0.414 e. The molecule has 3 aliphatic heterocycles. The molecule has 0 amide bonds. The molecule has 0 saturated carbocycles. The van der Waals surface area contributed by atoms with Crippen molar-refractivity contribution in [1.82, 2.24) is 0 Å². The van der Waals surface area contributed by atoms with E-state index in [1.54, 1.807) is 0 Å². The summed E-state index contributed by atoms with van der Waals surface area (Å²) in [6, 6.07) is 0. The number of hydrogen-bond acceptors (Lipinski definition) is 6. The number of allylic oxidation sites excluding steroid dienone is 1. The van der Waals surface area contributed by atoms with Gasteiger partial charge in [0.25, 0.3) is 0 Å². The van der Waals surface area contributed by atoms with Gasteiger partial charge in [-0.15, -0.1) is 6.58 Å². The second-order valence-electron chi connectivity index (χ2n) is 16.3. The van der Waals surface area contributed by atoms with Gasteiger partial charge in [0.15, 0.2) is 16.6 Å². The first-order chi connectivity index (χ1) is 18.0. The van der Waals surface area contributed by atoms with E-state index in [1.807, 2.05) is 13.0 Å². The third kappa shape index (κ3) is 7.07. The molecule has 8 atom stereocenters. The summed E-state index contributed by atoms with van der Waals surface area (Å²) in [7, 11) is -4.18. The van der Waals surface area contributed by atoms with Crippen LogP contribution in [0.1, 0.15) is 88.0 Å². The Morgan fingerprint density at radius 2 is 1.57 bits per heavy atom. The van der Waals surface area contributed by atoms with Gasteiger partial charge >= 0.3 is 0 Å². The van der Waals surface area contributed by atoms with Crippen LogP contribution in [0.4, 0.5) is 0 Å². The van der Waals surface area contributed by atoms with Crippen molar-refractivity contribution in [3.8, 4) is 0 Å². The average molecular weight is 597 g/mol. The molecule has 0 radical (unpaired) electrons. The maximum Gasteiger partial charge on any atom is 0.193 e. The van der Waals surface area contributed by atoms with Crippen LogP contribution in [0, 0.1) is 0 Å². The lowest BCUT2D eigenvalue weighted by molar-refractivity contribution is -0.307. The lowest BCUT2D eigenvalue weighted by atomic mass is 9.74. The fraction of sp³-hybridized carbons (Fsp3) is 0.875. The molecule has 3 aliphatic rings. The molecule has 3 heterocycles. The first-order valence-corrected chi connectivity index (χ1v) is 21.1. The molecular weight excluding hydrogens is 537 g/mol. The van der Waals surface area contributed by atoms with Crippen molar-refractivity contribution in [3.63, 3.8) is 0 Å². The predicted molar refractivity (Wildman–Crippen MR) is 169 cm³/mol. The van der Waals surface area contributed by atoms with Crippen molar-refractivity contribution in [1.29, 1.82) is 0 Å². The van der Waals surface area contributed by atoms with Crippen LogP contribution in [0.5, 0.6) is 0 Å². The van der Waals surface area contributed by atoms with E-state index < -0.39 is 33.4 Å². The Hall–Kier alpha value is -0.326. The summed E-state index contributed by atoms with van der Waals surface area (Å²) in [6.45, 7) is 33.2. The van der Waals surface area contributed by atoms with Crippen LogP contribution in [-0.2, 0) is 23.1 Å². The number of fused-ring (bicyclic) bond motifs is 2. The second-order valence-corrected chi connectivity index (χ2v) is 25.8. The molecule has 0 aromatic heterocycles. The van der Waals surface area contributed by atoms with Gasteiger partial charge in [-0.05, 0) is 69.9 Å². The maximum absolute atomic E-state index is 11.3. The molecule has 0 aliphatic carbocycles. The fourth-order valence-electron chi connectivity index (χ4n) is 5.77. The zero-order valence-corrected chi connectivity index (χ0v) is 29.8. The molecule has 0 spiro atoms. The number of ether oxygens (including phenoxy) is 3. The first kappa shape index (κ1) is 34.2. The highest BCUT2D eigenvalue weighted by Crippen LogP contribution is 2.48. The summed E-state index contributed by atoms with van der Waals surface area (Å²) in [5.41, 5.74) is -2.26. The minimum atomic E-state index is -2.16. The van der Waals surface area contributed by atoms with Crippen molar-refractivity contribution in [2.45, 2.75) is 172 Å². The van der Waals surface area contributed by atoms with Crippen LogP contribution < -0.4 is 0 Å². The lowest BCUT2D eigenvalue weighted by Crippen LogP contribution is -2.66. The molecule has 0 bridgehead atoms. The molecule has 3 rings (SSSR count). The van der Waals surface area contributed by atoms with Gasteiger partial charge in [-0.1, -0.05) is 59.8 Å². The van der Waals surface area contributed by atoms with E-state index in [9.17, 15) is 5.11 Å². The topological polar surface area (TPSA) is 66.4 Å². The Kier molecular flexibility index (Phi) is 9.66. The number of rotatable bonds is 8. The Morgan fingerprint density at radius 1 is 0.975 bits per heavy atom. The van der Waals surface area contributed by atoms with Crippen LogP contribution in [0.25, 0.3) is 0 Å². The van der Waals surface area contributed by atoms with Crippen molar-refractivity contribution >= 4 is 16.6 Å². The Morgan fingerprint density at radius 3 is 2.12 bits per heavy atom. The van der Waals surface area contributed by atoms with Crippen LogP contribution >= 0.6 is 0 Å². The highest BCUT2D eigenvalue weighted by molar-refractivity contribution is 6.74. The molecule has 0 unspecified atom stereocenters. The molecule has 0 aromatic carbocycles. The van der Waals surface area contributed by atoms with E-state index in [4.69, 9.17) is 23.1 Å². The zero-order chi connectivity index (χ0) is 30.6. The summed E-state index contributed by atoms with van der Waals surface area (Å²) in [5, 5.41) is 11.5. The van der Waals surface area contributed by atoms with E-state index in [2.05, 4.69) is 100 Å². The first-order valence-electron chi connectivity index (χ1n) is 15.3. The number of aliphatic hydroxyl groups is 1.